The summed E-state index contributed by atoms with van der Waals surface area (Å²) < 4.78 is 49.4. The van der Waals surface area contributed by atoms with Crippen LogP contribution in [-0.4, -0.2) is 6.41 Å². The van der Waals surface area contributed by atoms with Crippen molar-refractivity contribution in [1.29, 1.82) is 0 Å². The van der Waals surface area contributed by atoms with Gasteiger partial charge in [0.2, 0.25) is 6.41 Å². The monoisotopic (exact) mass is 221 g/mol. The summed E-state index contributed by atoms with van der Waals surface area (Å²) in [7, 11) is 0. The number of alkyl halides is 3. The highest BCUT2D eigenvalue weighted by Crippen LogP contribution is 2.31. The van der Waals surface area contributed by atoms with Gasteiger partial charge in [0.15, 0.2) is 0 Å². The first-order valence-corrected chi connectivity index (χ1v) is 3.98. The Balaban J connectivity index is 3.00. The van der Waals surface area contributed by atoms with Gasteiger partial charge in [0.1, 0.15) is 5.82 Å². The van der Waals surface area contributed by atoms with Crippen molar-refractivity contribution in [1.82, 2.24) is 5.32 Å². The molecule has 6 heteroatoms. The molecule has 0 saturated heterocycles. The zero-order valence-electron chi connectivity index (χ0n) is 7.44. The molecule has 15 heavy (non-hydrogen) atoms. The third-order valence-electron chi connectivity index (χ3n) is 1.73. The van der Waals surface area contributed by atoms with Gasteiger partial charge in [-0.05, 0) is 17.7 Å². The topological polar surface area (TPSA) is 29.1 Å². The Morgan fingerprint density at radius 1 is 1.33 bits per heavy atom. The summed E-state index contributed by atoms with van der Waals surface area (Å²) in [5, 5.41) is 2.19. The van der Waals surface area contributed by atoms with Gasteiger partial charge in [-0.1, -0.05) is 6.07 Å². The number of amides is 1. The van der Waals surface area contributed by atoms with Gasteiger partial charge < -0.3 is 5.32 Å². The van der Waals surface area contributed by atoms with Crippen molar-refractivity contribution < 1.29 is 22.4 Å². The predicted molar refractivity (Wildman–Crippen MR) is 44.3 cm³/mol. The van der Waals surface area contributed by atoms with Gasteiger partial charge in [-0.2, -0.15) is 13.2 Å². The average Bonchev–Trinajstić information content (AvgIpc) is 2.15. The summed E-state index contributed by atoms with van der Waals surface area (Å²) in [5.74, 6) is -1.32. The first-order valence-electron chi connectivity index (χ1n) is 3.98. The number of carbonyl (C=O) groups excluding carboxylic acids is 1. The zero-order valence-corrected chi connectivity index (χ0v) is 7.44. The molecule has 1 rings (SSSR count). The fourth-order valence-electron chi connectivity index (χ4n) is 1.06. The standard InChI is InChI=1S/C9H7F4NO/c10-8-2-1-6(4-14-5-15)3-7(8)9(11,12)13/h1-3,5H,4H2,(H,14,15). The molecule has 0 fully saturated rings. The lowest BCUT2D eigenvalue weighted by Crippen LogP contribution is -2.13. The van der Waals surface area contributed by atoms with Crippen LogP contribution in [0.1, 0.15) is 11.1 Å². The fraction of sp³-hybridized carbons (Fsp3) is 0.222. The van der Waals surface area contributed by atoms with Crippen LogP contribution < -0.4 is 5.32 Å². The second-order valence-electron chi connectivity index (χ2n) is 2.81. The van der Waals surface area contributed by atoms with E-state index in [1.165, 1.54) is 6.07 Å². The van der Waals surface area contributed by atoms with Crippen LogP contribution in [0, 0.1) is 5.82 Å². The Kier molecular flexibility index (Phi) is 3.28. The molecule has 0 bridgehead atoms. The van der Waals surface area contributed by atoms with Crippen LogP contribution in [0.5, 0.6) is 0 Å². The summed E-state index contributed by atoms with van der Waals surface area (Å²) in [4.78, 5) is 9.92. The van der Waals surface area contributed by atoms with E-state index >= 15 is 0 Å². The van der Waals surface area contributed by atoms with Gasteiger partial charge >= 0.3 is 6.18 Å². The van der Waals surface area contributed by atoms with E-state index in [0.29, 0.717) is 12.5 Å². The number of hydrogen-bond acceptors (Lipinski definition) is 1. The Bertz CT molecular complexity index is 362. The van der Waals surface area contributed by atoms with Gasteiger partial charge in [0, 0.05) is 6.54 Å². The fourth-order valence-corrected chi connectivity index (χ4v) is 1.06. The molecule has 0 atom stereocenters. The van der Waals surface area contributed by atoms with Crippen molar-refractivity contribution in [2.45, 2.75) is 12.7 Å². The number of halogens is 4. The van der Waals surface area contributed by atoms with Crippen molar-refractivity contribution in [3.8, 4) is 0 Å². The minimum atomic E-state index is -4.72. The first-order chi connectivity index (χ1) is 6.95. The molecular weight excluding hydrogens is 214 g/mol. The lowest BCUT2D eigenvalue weighted by Gasteiger charge is -2.09. The molecule has 0 aliphatic carbocycles. The molecular formula is C9H7F4NO. The van der Waals surface area contributed by atoms with E-state index in [-0.39, 0.29) is 12.1 Å². The van der Waals surface area contributed by atoms with E-state index < -0.39 is 17.6 Å². The molecule has 0 saturated carbocycles. The van der Waals surface area contributed by atoms with Crippen LogP contribution in [-0.2, 0) is 17.5 Å². The number of hydrogen-bond donors (Lipinski definition) is 1. The molecule has 82 valence electrons. The third kappa shape index (κ3) is 2.93. The van der Waals surface area contributed by atoms with E-state index in [4.69, 9.17) is 0 Å². The maximum Gasteiger partial charge on any atom is 0.419 e. The van der Waals surface area contributed by atoms with E-state index in [0.717, 1.165) is 6.07 Å². The highest BCUT2D eigenvalue weighted by atomic mass is 19.4. The molecule has 0 heterocycles. The largest absolute Gasteiger partial charge is 0.419 e. The molecule has 0 spiro atoms. The van der Waals surface area contributed by atoms with Crippen molar-refractivity contribution >= 4 is 6.41 Å². The maximum atomic E-state index is 12.8. The van der Waals surface area contributed by atoms with Crippen molar-refractivity contribution in [2.75, 3.05) is 0 Å². The van der Waals surface area contributed by atoms with Crippen LogP contribution in [0.2, 0.25) is 0 Å². The molecule has 0 unspecified atom stereocenters. The first kappa shape index (κ1) is 11.5. The molecule has 1 aromatic rings. The van der Waals surface area contributed by atoms with Gasteiger partial charge in [0.25, 0.3) is 0 Å². The molecule has 1 N–H and O–H groups in total. The van der Waals surface area contributed by atoms with Crippen LogP contribution in [0.25, 0.3) is 0 Å². The van der Waals surface area contributed by atoms with E-state index in [9.17, 15) is 22.4 Å². The lowest BCUT2D eigenvalue weighted by atomic mass is 10.1. The van der Waals surface area contributed by atoms with Crippen LogP contribution >= 0.6 is 0 Å². The summed E-state index contributed by atoms with van der Waals surface area (Å²) in [6.07, 6.45) is -4.36. The summed E-state index contributed by atoms with van der Waals surface area (Å²) in [5.41, 5.74) is -1.14. The zero-order chi connectivity index (χ0) is 11.5. The molecule has 0 radical (unpaired) electrons. The van der Waals surface area contributed by atoms with Gasteiger partial charge in [-0.25, -0.2) is 4.39 Å². The lowest BCUT2D eigenvalue weighted by molar-refractivity contribution is -0.140. The maximum absolute atomic E-state index is 12.8. The second kappa shape index (κ2) is 4.29. The Morgan fingerprint density at radius 3 is 2.53 bits per heavy atom. The van der Waals surface area contributed by atoms with E-state index in [1.54, 1.807) is 0 Å². The third-order valence-corrected chi connectivity index (χ3v) is 1.73. The molecule has 0 aromatic heterocycles. The number of rotatable bonds is 3. The van der Waals surface area contributed by atoms with Crippen molar-refractivity contribution in [2.24, 2.45) is 0 Å². The second-order valence-corrected chi connectivity index (χ2v) is 2.81. The van der Waals surface area contributed by atoms with E-state index in [1.807, 2.05) is 0 Å². The highest BCUT2D eigenvalue weighted by molar-refractivity contribution is 5.46. The van der Waals surface area contributed by atoms with Crippen molar-refractivity contribution in [3.63, 3.8) is 0 Å². The SMILES string of the molecule is O=CNCc1ccc(F)c(C(F)(F)F)c1. The molecule has 0 aliphatic rings. The quantitative estimate of drug-likeness (QED) is 0.614. The molecule has 0 aliphatic heterocycles. The molecule has 1 amide bonds. The predicted octanol–water partition coefficient (Wildman–Crippen LogP) is 2.09. The smallest absolute Gasteiger partial charge is 0.355 e. The Labute approximate surface area is 82.9 Å². The minimum Gasteiger partial charge on any atom is -0.355 e. The summed E-state index contributed by atoms with van der Waals surface area (Å²) in [6, 6.07) is 2.58. The van der Waals surface area contributed by atoms with Crippen LogP contribution in [0.3, 0.4) is 0 Å². The van der Waals surface area contributed by atoms with E-state index in [2.05, 4.69) is 5.32 Å². The minimum absolute atomic E-state index is 0.0626. The van der Waals surface area contributed by atoms with Crippen LogP contribution in [0.15, 0.2) is 18.2 Å². The number of nitrogens with one attached hydrogen (secondary N) is 1. The van der Waals surface area contributed by atoms with Gasteiger partial charge in [-0.15, -0.1) is 0 Å². The Morgan fingerprint density at radius 2 is 2.00 bits per heavy atom. The van der Waals surface area contributed by atoms with Crippen LogP contribution in [0.4, 0.5) is 17.6 Å². The van der Waals surface area contributed by atoms with Gasteiger partial charge in [0.05, 0.1) is 5.56 Å². The highest BCUT2D eigenvalue weighted by Gasteiger charge is 2.34. The summed E-state index contributed by atoms with van der Waals surface area (Å²) >= 11 is 0. The summed E-state index contributed by atoms with van der Waals surface area (Å²) in [6.45, 7) is -0.0626. The van der Waals surface area contributed by atoms with Gasteiger partial charge in [-0.3, -0.25) is 4.79 Å². The molecule has 2 nitrogen and oxygen atoms in total. The Hall–Kier alpha value is -1.59. The van der Waals surface area contributed by atoms with Crippen molar-refractivity contribution in [3.05, 3.63) is 35.1 Å². The normalized spacial score (nSPS) is 11.2. The molecule has 1 aromatic carbocycles. The number of benzene rings is 1. The average molecular weight is 221 g/mol. The number of carbonyl (C=O) groups is 1.